The summed E-state index contributed by atoms with van der Waals surface area (Å²) in [6.07, 6.45) is 0. The fraction of sp³-hybridized carbons (Fsp3) is 1.00. The average molecular weight is 186 g/mol. The summed E-state index contributed by atoms with van der Waals surface area (Å²) in [4.78, 5) is 0. The molecule has 0 saturated heterocycles. The van der Waals surface area contributed by atoms with E-state index in [0.29, 0.717) is 0 Å². The van der Waals surface area contributed by atoms with Crippen LogP contribution >= 0.6 is 0 Å². The van der Waals surface area contributed by atoms with Crippen molar-refractivity contribution >= 4 is 0 Å². The highest BCUT2D eigenvalue weighted by Gasteiger charge is 0.934. The Balaban J connectivity index is -0.00000000900. The maximum atomic E-state index is 7.00. The molecule has 0 aliphatic rings. The van der Waals surface area contributed by atoms with Gasteiger partial charge in [-0.25, -0.2) is 0 Å². The molecule has 0 aromatic heterocycles. The third-order valence-corrected chi connectivity index (χ3v) is 0. The Labute approximate surface area is 78.6 Å². The van der Waals surface area contributed by atoms with Crippen molar-refractivity contribution in [3.8, 4) is 0 Å². The van der Waals surface area contributed by atoms with E-state index in [1.54, 1.807) is 0 Å². The van der Waals surface area contributed by atoms with Crippen molar-refractivity contribution in [2.45, 2.75) is 27.7 Å². The van der Waals surface area contributed by atoms with Gasteiger partial charge < -0.3 is 21.7 Å². The average Bonchev–Trinajstić information content (AvgIpc) is 2.33. The lowest BCUT2D eigenvalue weighted by Gasteiger charge is -1.21. The highest BCUT2D eigenvalue weighted by atomic mass is 16.2. The van der Waals surface area contributed by atoms with Crippen LogP contribution in [0.3, 0.4) is 0 Å². The maximum Gasteiger partial charge on any atom is 0.0319 e. The predicted molar refractivity (Wildman–Crippen MR) is 59.2 cm³/mol. The topological polar surface area (TPSA) is 92.5 Å². The van der Waals surface area contributed by atoms with E-state index in [-0.39, 0.29) is 0 Å². The molecule has 0 amide bonds. The fourth-order valence-electron chi connectivity index (χ4n) is 0. The number of rotatable bonds is 0. The molecule has 4 nitrogen and oxygen atoms in total. The Morgan fingerprint density at radius 2 is 0.500 bits per heavy atom. The van der Waals surface area contributed by atoms with E-state index < -0.39 is 0 Å². The molecule has 0 spiro atoms. The van der Waals surface area contributed by atoms with E-state index in [4.69, 9.17) is 10.2 Å². The Hall–Kier alpha value is -0.160. The molecule has 0 aliphatic carbocycles. The van der Waals surface area contributed by atoms with Gasteiger partial charge in [-0.2, -0.15) is 0 Å². The van der Waals surface area contributed by atoms with Crippen molar-refractivity contribution in [3.05, 3.63) is 0 Å². The van der Waals surface area contributed by atoms with E-state index in [1.165, 1.54) is 14.1 Å². The van der Waals surface area contributed by atoms with Gasteiger partial charge in [-0.3, -0.25) is 0 Å². The van der Waals surface area contributed by atoms with Gasteiger partial charge in [0.05, 0.1) is 0 Å². The maximum absolute atomic E-state index is 7.00. The number of hydrogen-bond donors (Lipinski definition) is 4. The molecular formula is C8H30N2O2. The first kappa shape index (κ1) is 40.8. The van der Waals surface area contributed by atoms with Crippen LogP contribution in [0.2, 0.25) is 0 Å². The molecule has 0 saturated carbocycles. The van der Waals surface area contributed by atoms with Gasteiger partial charge in [0.15, 0.2) is 0 Å². The van der Waals surface area contributed by atoms with Gasteiger partial charge in [0.2, 0.25) is 0 Å². The van der Waals surface area contributed by atoms with E-state index >= 15 is 0 Å². The molecule has 0 unspecified atom stereocenters. The summed E-state index contributed by atoms with van der Waals surface area (Å²) >= 11 is 0. The molecule has 0 aromatic rings. The summed E-state index contributed by atoms with van der Waals surface area (Å²) in [6.45, 7) is 8.00. The molecular weight excluding hydrogens is 156 g/mol. The second-order valence-electron chi connectivity index (χ2n) is 0. The first-order chi connectivity index (χ1) is 6.00. The van der Waals surface area contributed by atoms with Crippen LogP contribution in [-0.2, 0) is 0 Å². The van der Waals surface area contributed by atoms with Crippen LogP contribution in [0, 0.1) is 0 Å². The smallest absolute Gasteiger partial charge is 0.0319 e. The van der Waals surface area contributed by atoms with E-state index in [0.717, 1.165) is 14.2 Å². The molecule has 84 valence electrons. The summed E-state index contributed by atoms with van der Waals surface area (Å²) in [5, 5.41) is 14.0. The van der Waals surface area contributed by atoms with Crippen molar-refractivity contribution in [2.75, 3.05) is 28.3 Å². The lowest BCUT2D eigenvalue weighted by molar-refractivity contribution is 0.399. The zero-order chi connectivity index (χ0) is 12.0. The summed E-state index contributed by atoms with van der Waals surface area (Å²) < 4.78 is 0. The summed E-state index contributed by atoms with van der Waals surface area (Å²) in [5.41, 5.74) is 9.00. The van der Waals surface area contributed by atoms with Gasteiger partial charge >= 0.3 is 0 Å². The SMILES string of the molecule is CC.CC.CN.CN.CO.CO. The largest absolute Gasteiger partial charge is 0.400 e. The molecule has 4 heteroatoms. The van der Waals surface area contributed by atoms with Crippen LogP contribution in [0.1, 0.15) is 27.7 Å². The third-order valence-electron chi connectivity index (χ3n) is 0. The minimum absolute atomic E-state index is 1.00. The number of hydrogen-bond acceptors (Lipinski definition) is 4. The van der Waals surface area contributed by atoms with Gasteiger partial charge in [0.25, 0.3) is 0 Å². The molecule has 0 aliphatic heterocycles. The van der Waals surface area contributed by atoms with Crippen LogP contribution in [0.4, 0.5) is 0 Å². The lowest BCUT2D eigenvalue weighted by atomic mass is 11.0. The zero-order valence-corrected chi connectivity index (χ0v) is 10.0. The van der Waals surface area contributed by atoms with E-state index in [9.17, 15) is 0 Å². The van der Waals surface area contributed by atoms with Crippen molar-refractivity contribution in [1.82, 2.24) is 0 Å². The summed E-state index contributed by atoms with van der Waals surface area (Å²) in [7, 11) is 5.00. The Kier molecular flexibility index (Phi) is 139000. The first-order valence-corrected chi connectivity index (χ1v) is 4.05. The predicted octanol–water partition coefficient (Wildman–Crippen LogP) is 0.419. The second kappa shape index (κ2) is 41000. The number of aliphatic hydroxyl groups is 2. The minimum atomic E-state index is 1.00. The van der Waals surface area contributed by atoms with Crippen LogP contribution < -0.4 is 11.5 Å². The monoisotopic (exact) mass is 186 g/mol. The molecule has 12 heavy (non-hydrogen) atoms. The normalized spacial score (nSPS) is 3.00. The molecule has 0 heterocycles. The number of nitrogens with two attached hydrogens (primary N) is 2. The molecule has 6 N–H and O–H groups in total. The van der Waals surface area contributed by atoms with E-state index in [2.05, 4.69) is 11.5 Å². The summed E-state index contributed by atoms with van der Waals surface area (Å²) in [5.74, 6) is 0. The molecule has 0 bridgehead atoms. The van der Waals surface area contributed by atoms with E-state index in [1.807, 2.05) is 27.7 Å². The molecule has 0 fully saturated rings. The first-order valence-electron chi connectivity index (χ1n) is 4.05. The minimum Gasteiger partial charge on any atom is -0.400 e. The second-order valence-corrected chi connectivity index (χ2v) is 0. The van der Waals surface area contributed by atoms with Crippen LogP contribution in [0.15, 0.2) is 0 Å². The standard InChI is InChI=1S/2C2H6.2CH5N.2CH4O/c6*1-2/h2*1-2H3;2*2H2,1H3;2*2H,1H3. The highest BCUT2D eigenvalue weighted by Crippen LogP contribution is 1.15. The lowest BCUT2D eigenvalue weighted by Crippen LogP contribution is -1.69. The van der Waals surface area contributed by atoms with Gasteiger partial charge in [0.1, 0.15) is 0 Å². The van der Waals surface area contributed by atoms with Gasteiger partial charge in [0, 0.05) is 14.2 Å². The molecule has 0 radical (unpaired) electrons. The Morgan fingerprint density at radius 3 is 0.500 bits per heavy atom. The Bertz CT molecular complexity index is 15.0. The highest BCUT2D eigenvalue weighted by molar-refractivity contribution is 3.54. The molecule has 0 aromatic carbocycles. The Morgan fingerprint density at radius 1 is 0.500 bits per heavy atom. The summed E-state index contributed by atoms with van der Waals surface area (Å²) in [6, 6.07) is 0. The van der Waals surface area contributed by atoms with Crippen LogP contribution in [-0.4, -0.2) is 38.5 Å². The van der Waals surface area contributed by atoms with Gasteiger partial charge in [-0.15, -0.1) is 0 Å². The quantitative estimate of drug-likeness (QED) is 0.441. The van der Waals surface area contributed by atoms with Crippen LogP contribution in [0.25, 0.3) is 0 Å². The fourth-order valence-corrected chi connectivity index (χ4v) is 0. The van der Waals surface area contributed by atoms with Crippen molar-refractivity contribution in [2.24, 2.45) is 11.5 Å². The van der Waals surface area contributed by atoms with Crippen molar-refractivity contribution in [3.63, 3.8) is 0 Å². The molecule has 0 atom stereocenters. The number of aliphatic hydroxyl groups excluding tert-OH is 2. The van der Waals surface area contributed by atoms with Gasteiger partial charge in [-0.1, -0.05) is 27.7 Å². The zero-order valence-electron chi connectivity index (χ0n) is 10.0. The van der Waals surface area contributed by atoms with Crippen molar-refractivity contribution in [1.29, 1.82) is 0 Å². The van der Waals surface area contributed by atoms with Crippen LogP contribution in [0.5, 0.6) is 0 Å². The molecule has 0 rings (SSSR count). The third kappa shape index (κ3) is 30000. The van der Waals surface area contributed by atoms with Crippen molar-refractivity contribution < 1.29 is 10.2 Å². The van der Waals surface area contributed by atoms with Gasteiger partial charge in [-0.05, 0) is 14.1 Å².